The van der Waals surface area contributed by atoms with Crippen molar-refractivity contribution in [3.05, 3.63) is 71.8 Å². The number of benzene rings is 3. The van der Waals surface area contributed by atoms with Gasteiger partial charge in [0, 0.05) is 6.42 Å². The molecule has 1 fully saturated rings. The first-order chi connectivity index (χ1) is 17.9. The molecule has 0 saturated heterocycles. The van der Waals surface area contributed by atoms with Crippen LogP contribution in [-0.2, 0) is 21.1 Å². The number of nitrogens with one attached hydrogen (secondary N) is 1. The van der Waals surface area contributed by atoms with Gasteiger partial charge in [-0.25, -0.2) is 14.3 Å². The number of hydrogen-bond donors (Lipinski definition) is 3. The van der Waals surface area contributed by atoms with Crippen LogP contribution in [0.1, 0.15) is 55.6 Å². The Kier molecular flexibility index (Phi) is 6.94. The molecule has 1 amide bonds. The molecule has 4 aromatic rings. The second-order valence-electron chi connectivity index (χ2n) is 9.41. The van der Waals surface area contributed by atoms with Crippen molar-refractivity contribution < 1.29 is 18.3 Å². The molecule has 0 aliphatic heterocycles. The fourth-order valence-corrected chi connectivity index (χ4v) is 6.26. The fourth-order valence-electron chi connectivity index (χ4n) is 4.96. The molecule has 1 aromatic heterocycles. The first-order valence-electron chi connectivity index (χ1n) is 12.4. The average molecular weight is 520 g/mol. The third kappa shape index (κ3) is 5.07. The summed E-state index contributed by atoms with van der Waals surface area (Å²) in [5.74, 6) is 5.29. The van der Waals surface area contributed by atoms with Gasteiger partial charge in [0.25, 0.3) is 0 Å². The van der Waals surface area contributed by atoms with Crippen molar-refractivity contribution in [2.45, 2.75) is 60.7 Å². The molecule has 9 nitrogen and oxygen atoms in total. The molecule has 4 N–H and O–H groups in total. The maximum Gasteiger partial charge on any atom is 0.234 e. The maximum absolute atomic E-state index is 13.1. The molecular weight excluding hydrogens is 490 g/mol. The highest BCUT2D eigenvalue weighted by Crippen LogP contribution is 2.40. The first kappa shape index (κ1) is 24.9. The van der Waals surface area contributed by atoms with Crippen LogP contribution in [0.3, 0.4) is 0 Å². The maximum atomic E-state index is 13.1. The van der Waals surface area contributed by atoms with Crippen LogP contribution in [0, 0.1) is 0 Å². The lowest BCUT2D eigenvalue weighted by atomic mass is 9.82. The van der Waals surface area contributed by atoms with E-state index in [1.807, 2.05) is 6.07 Å². The van der Waals surface area contributed by atoms with Gasteiger partial charge in [0.2, 0.25) is 15.7 Å². The Hall–Kier alpha value is -3.76. The van der Waals surface area contributed by atoms with Crippen LogP contribution in [0.15, 0.2) is 70.5 Å². The van der Waals surface area contributed by atoms with Gasteiger partial charge in [-0.3, -0.25) is 10.2 Å². The highest BCUT2D eigenvalue weighted by molar-refractivity contribution is 7.91. The molecule has 5 rings (SSSR count). The molecule has 0 bridgehead atoms. The number of phenols is 1. The van der Waals surface area contributed by atoms with Crippen molar-refractivity contribution in [1.29, 1.82) is 0 Å². The highest BCUT2D eigenvalue weighted by atomic mass is 32.2. The molecule has 3 aromatic carbocycles. The number of fused-ring (bicyclic) bond motifs is 1. The Labute approximate surface area is 215 Å². The fraction of sp³-hybridized carbons (Fsp3) is 0.296. The second kappa shape index (κ2) is 10.3. The van der Waals surface area contributed by atoms with Gasteiger partial charge in [0.1, 0.15) is 22.5 Å². The summed E-state index contributed by atoms with van der Waals surface area (Å²) in [6.45, 7) is 0. The molecule has 1 heterocycles. The summed E-state index contributed by atoms with van der Waals surface area (Å²) in [6.07, 6.45) is 5.99. The number of aryl methyl sites for hydroxylation is 1. The Bertz CT molecular complexity index is 1540. The van der Waals surface area contributed by atoms with Crippen molar-refractivity contribution >= 4 is 26.8 Å². The lowest BCUT2D eigenvalue weighted by molar-refractivity contribution is -0.121. The predicted molar refractivity (Wildman–Crippen MR) is 139 cm³/mol. The minimum atomic E-state index is -3.71. The summed E-state index contributed by atoms with van der Waals surface area (Å²) in [5, 5.41) is 20.4. The summed E-state index contributed by atoms with van der Waals surface area (Å²) in [6, 6.07) is 16.6. The number of carbonyl (C=O) groups excluding carboxylic acids is 1. The smallest absolute Gasteiger partial charge is 0.234 e. The minimum Gasteiger partial charge on any atom is -0.505 e. The second-order valence-corrected chi connectivity index (χ2v) is 11.4. The van der Waals surface area contributed by atoms with E-state index >= 15 is 0 Å². The van der Waals surface area contributed by atoms with Gasteiger partial charge < -0.3 is 5.11 Å². The summed E-state index contributed by atoms with van der Waals surface area (Å²) >= 11 is 0. The molecule has 1 aliphatic rings. The number of carbonyl (C=O) groups is 1. The number of amides is 1. The zero-order valence-corrected chi connectivity index (χ0v) is 21.1. The predicted octanol–water partition coefficient (Wildman–Crippen LogP) is 3.93. The number of aromatic hydroxyl groups is 1. The molecule has 0 unspecified atom stereocenters. The van der Waals surface area contributed by atoms with E-state index in [2.05, 4.69) is 15.6 Å². The number of hydrogen-bond acceptors (Lipinski definition) is 7. The topological polar surface area (TPSA) is 140 Å². The number of rotatable bonds is 7. The van der Waals surface area contributed by atoms with E-state index in [4.69, 9.17) is 5.84 Å². The number of phenolic OH excluding ortho intramolecular Hbond substituents is 1. The largest absolute Gasteiger partial charge is 0.505 e. The van der Waals surface area contributed by atoms with E-state index in [9.17, 15) is 18.3 Å². The summed E-state index contributed by atoms with van der Waals surface area (Å²) < 4.78 is 26.2. The standard InChI is InChI=1S/C27H29N5O4S/c28-29-26(33)14-11-18-15-22(19-7-3-1-4-8-19)27(34)25(16-18)32-30-23-13-12-21(17-24(23)31-32)37(35,36)20-9-5-2-6-10-20/h2,5-6,9-10,12-13,15-17,19,34H,1,3-4,7-8,11,14,28H2,(H,29,33). The van der Waals surface area contributed by atoms with Gasteiger partial charge in [-0.1, -0.05) is 43.5 Å². The van der Waals surface area contributed by atoms with Crippen molar-refractivity contribution in [3.8, 4) is 11.4 Å². The van der Waals surface area contributed by atoms with Crippen molar-refractivity contribution in [3.63, 3.8) is 0 Å². The lowest BCUT2D eigenvalue weighted by Gasteiger charge is -2.24. The SMILES string of the molecule is NNC(=O)CCc1cc(C2CCCCC2)c(O)c(-n2nc3ccc(S(=O)(=O)c4ccccc4)cc3n2)c1. The molecule has 1 saturated carbocycles. The van der Waals surface area contributed by atoms with E-state index in [1.165, 1.54) is 23.4 Å². The van der Waals surface area contributed by atoms with Crippen LogP contribution >= 0.6 is 0 Å². The zero-order valence-electron chi connectivity index (χ0n) is 20.3. The molecule has 0 radical (unpaired) electrons. The van der Waals surface area contributed by atoms with E-state index in [0.29, 0.717) is 23.1 Å². The quantitative estimate of drug-likeness (QED) is 0.191. The Morgan fingerprint density at radius 2 is 1.70 bits per heavy atom. The number of sulfone groups is 1. The summed E-state index contributed by atoms with van der Waals surface area (Å²) in [7, 11) is -3.71. The molecule has 1 aliphatic carbocycles. The third-order valence-electron chi connectivity index (χ3n) is 6.96. The first-order valence-corrected chi connectivity index (χ1v) is 13.9. The normalized spacial score (nSPS) is 14.6. The Balaban J connectivity index is 1.56. The average Bonchev–Trinajstić information content (AvgIpc) is 3.36. The van der Waals surface area contributed by atoms with Crippen LogP contribution in [0.4, 0.5) is 0 Å². The van der Waals surface area contributed by atoms with Gasteiger partial charge in [0.05, 0.1) is 9.79 Å². The van der Waals surface area contributed by atoms with Crippen LogP contribution in [-0.4, -0.2) is 34.4 Å². The van der Waals surface area contributed by atoms with Gasteiger partial charge in [-0.15, -0.1) is 15.0 Å². The molecular formula is C27H29N5O4S. The zero-order chi connectivity index (χ0) is 26.0. The van der Waals surface area contributed by atoms with E-state index in [0.717, 1.165) is 36.8 Å². The highest BCUT2D eigenvalue weighted by Gasteiger charge is 2.24. The molecule has 10 heteroatoms. The number of nitrogens with zero attached hydrogens (tertiary/aromatic N) is 3. The van der Waals surface area contributed by atoms with Gasteiger partial charge >= 0.3 is 0 Å². The van der Waals surface area contributed by atoms with E-state index < -0.39 is 9.84 Å². The number of hydrazine groups is 1. The van der Waals surface area contributed by atoms with Crippen LogP contribution in [0.2, 0.25) is 0 Å². The number of nitrogens with two attached hydrogens (primary N) is 1. The van der Waals surface area contributed by atoms with Crippen LogP contribution < -0.4 is 11.3 Å². The molecule has 0 spiro atoms. The Morgan fingerprint density at radius 3 is 2.43 bits per heavy atom. The Morgan fingerprint density at radius 1 is 0.973 bits per heavy atom. The molecule has 0 atom stereocenters. The van der Waals surface area contributed by atoms with Gasteiger partial charge in [-0.2, -0.15) is 0 Å². The van der Waals surface area contributed by atoms with Crippen molar-refractivity contribution in [1.82, 2.24) is 20.4 Å². The van der Waals surface area contributed by atoms with E-state index in [-0.39, 0.29) is 33.8 Å². The third-order valence-corrected chi connectivity index (χ3v) is 8.72. The lowest BCUT2D eigenvalue weighted by Crippen LogP contribution is -2.30. The van der Waals surface area contributed by atoms with Crippen LogP contribution in [0.25, 0.3) is 16.7 Å². The van der Waals surface area contributed by atoms with Crippen molar-refractivity contribution in [2.75, 3.05) is 0 Å². The molecule has 37 heavy (non-hydrogen) atoms. The minimum absolute atomic E-state index is 0.108. The van der Waals surface area contributed by atoms with E-state index in [1.54, 1.807) is 42.5 Å². The summed E-state index contributed by atoms with van der Waals surface area (Å²) in [4.78, 5) is 13.4. The molecule has 192 valence electrons. The van der Waals surface area contributed by atoms with Crippen molar-refractivity contribution in [2.24, 2.45) is 5.84 Å². The number of aromatic nitrogens is 3. The van der Waals surface area contributed by atoms with Gasteiger partial charge in [0.15, 0.2) is 0 Å². The van der Waals surface area contributed by atoms with Gasteiger partial charge in [-0.05, 0) is 72.7 Å². The van der Waals surface area contributed by atoms with Crippen LogP contribution in [0.5, 0.6) is 5.75 Å². The monoisotopic (exact) mass is 519 g/mol. The summed E-state index contributed by atoms with van der Waals surface area (Å²) in [5.41, 5.74) is 5.13.